The third-order valence-electron chi connectivity index (χ3n) is 0.696. The van der Waals surface area contributed by atoms with Gasteiger partial charge < -0.3 is 0 Å². The van der Waals surface area contributed by atoms with Crippen molar-refractivity contribution in [1.82, 2.24) is 9.97 Å². The summed E-state index contributed by atoms with van der Waals surface area (Å²) in [5.41, 5.74) is 0. The minimum atomic E-state index is 0.916. The number of rotatable bonds is 0. The molecule has 8 heavy (non-hydrogen) atoms. The third kappa shape index (κ3) is 1.61. The quantitative estimate of drug-likeness (QED) is 0.445. The fraction of sp³-hybridized carbons (Fsp3) is 0. The van der Waals surface area contributed by atoms with Crippen LogP contribution in [-0.2, 0) is 0 Å². The molecule has 0 N–H and O–H groups in total. The van der Waals surface area contributed by atoms with Crippen LogP contribution < -0.4 is 9.09 Å². The summed E-state index contributed by atoms with van der Waals surface area (Å²) in [4.78, 5) is 8.08. The molecule has 0 fully saturated rings. The summed E-state index contributed by atoms with van der Waals surface area (Å²) in [7, 11) is 0. The van der Waals surface area contributed by atoms with E-state index in [0.29, 0.717) is 0 Å². The summed E-state index contributed by atoms with van der Waals surface area (Å²) >= 11 is 3.02. The van der Waals surface area contributed by atoms with Crippen LogP contribution in [-0.4, -0.2) is 43.7 Å². The molecule has 0 aromatic carbocycles. The molecule has 2 unspecified atom stereocenters. The Morgan fingerprint density at radius 2 is 2.12 bits per heavy atom. The summed E-state index contributed by atoms with van der Waals surface area (Å²) in [5.74, 6) is 0. The monoisotopic (exact) mass is 232 g/mol. The van der Waals surface area contributed by atoms with E-state index in [4.69, 9.17) is 0 Å². The van der Waals surface area contributed by atoms with E-state index in [-0.39, 0.29) is 0 Å². The van der Waals surface area contributed by atoms with E-state index in [1.165, 1.54) is 16.9 Å². The van der Waals surface area contributed by atoms with Gasteiger partial charge in [-0.05, 0) is 0 Å². The van der Waals surface area contributed by atoms with E-state index >= 15 is 0 Å². The molecule has 1 aromatic rings. The second-order valence-corrected chi connectivity index (χ2v) is 3.66. The molecule has 1 rings (SSSR count). The summed E-state index contributed by atoms with van der Waals surface area (Å²) in [6.45, 7) is 0. The number of hydrogen-bond donors (Lipinski definition) is 0. The molecule has 0 saturated carbocycles. The Balaban J connectivity index is 3.08. The number of aromatic nitrogens is 2. The molecule has 0 radical (unpaired) electrons. The summed E-state index contributed by atoms with van der Waals surface area (Å²) in [5, 5.41) is 0. The van der Waals surface area contributed by atoms with Crippen LogP contribution in [0.25, 0.3) is 0 Å². The van der Waals surface area contributed by atoms with Gasteiger partial charge in [0.15, 0.2) is 0 Å². The van der Waals surface area contributed by atoms with Gasteiger partial charge in [0, 0.05) is 0 Å². The molecular weight excluding hydrogens is 226 g/mol. The molecule has 4 heteroatoms. The first-order chi connectivity index (χ1) is 3.79. The normalized spacial score (nSPS) is 9.25. The van der Waals surface area contributed by atoms with Crippen molar-refractivity contribution in [3.63, 3.8) is 0 Å². The maximum atomic E-state index is 4.12. The van der Waals surface area contributed by atoms with E-state index in [0.717, 1.165) is 9.09 Å². The number of nitrogens with zero attached hydrogens (tertiary/aromatic N) is 2. The van der Waals surface area contributed by atoms with Crippen molar-refractivity contribution in [1.29, 1.82) is 0 Å². The molecule has 0 spiro atoms. The van der Waals surface area contributed by atoms with Gasteiger partial charge in [0.05, 0.1) is 0 Å². The van der Waals surface area contributed by atoms with Crippen molar-refractivity contribution >= 4 is 42.8 Å². The van der Waals surface area contributed by atoms with Crippen LogP contribution >= 0.6 is 0 Å². The van der Waals surface area contributed by atoms with Gasteiger partial charge in [-0.25, -0.2) is 0 Å². The Morgan fingerprint density at radius 1 is 1.38 bits per heavy atom. The van der Waals surface area contributed by atoms with Gasteiger partial charge in [0.2, 0.25) is 0 Å². The van der Waals surface area contributed by atoms with E-state index in [1.54, 1.807) is 23.0 Å². The van der Waals surface area contributed by atoms with Crippen LogP contribution in [0.1, 0.15) is 0 Å². The zero-order chi connectivity index (χ0) is 5.98. The van der Waals surface area contributed by atoms with E-state index in [2.05, 4.69) is 9.97 Å². The fourth-order valence-electron chi connectivity index (χ4n) is 0.388. The zero-order valence-corrected chi connectivity index (χ0v) is 9.05. The van der Waals surface area contributed by atoms with Crippen LogP contribution in [0.4, 0.5) is 0 Å². The van der Waals surface area contributed by atoms with Crippen LogP contribution in [0, 0.1) is 0 Å². The molecule has 0 amide bonds. The fourth-order valence-corrected chi connectivity index (χ4v) is 2.00. The van der Waals surface area contributed by atoms with Crippen LogP contribution in [0.5, 0.6) is 0 Å². The van der Waals surface area contributed by atoms with E-state index in [1.807, 2.05) is 6.07 Å². The molecule has 2 nitrogen and oxygen atoms in total. The van der Waals surface area contributed by atoms with Gasteiger partial charge in [-0.15, -0.1) is 0 Å². The number of hydrogen-bond acceptors (Lipinski definition) is 2. The standard InChI is InChI=1S/C4H6As2N2/c5-3-1-2-7-4(6)8-3/h1-2H,5-6H2. The predicted molar refractivity (Wildman–Crippen MR) is 38.4 cm³/mol. The molecule has 0 bridgehead atoms. The topological polar surface area (TPSA) is 25.8 Å². The molecule has 0 aliphatic heterocycles. The van der Waals surface area contributed by atoms with Gasteiger partial charge in [0.1, 0.15) is 0 Å². The Kier molecular flexibility index (Phi) is 2.10. The second kappa shape index (κ2) is 2.66. The molecule has 2 atom stereocenters. The molecule has 1 aromatic heterocycles. The van der Waals surface area contributed by atoms with Gasteiger partial charge in [0.25, 0.3) is 0 Å². The van der Waals surface area contributed by atoms with Crippen molar-refractivity contribution in [2.24, 2.45) is 0 Å². The van der Waals surface area contributed by atoms with Gasteiger partial charge in [-0.3, -0.25) is 0 Å². The average Bonchev–Trinajstić information content (AvgIpc) is 1.64. The average molecular weight is 232 g/mol. The first-order valence-corrected chi connectivity index (χ1v) is 4.55. The Hall–Kier alpha value is 0.197. The van der Waals surface area contributed by atoms with Gasteiger partial charge in [-0.2, -0.15) is 0 Å². The molecule has 0 aliphatic carbocycles. The van der Waals surface area contributed by atoms with Crippen LogP contribution in [0.2, 0.25) is 0 Å². The molecule has 0 saturated heterocycles. The SMILES string of the molecule is [AsH2]c1ccnc([AsH2])n1. The van der Waals surface area contributed by atoms with E-state index < -0.39 is 0 Å². The molecule has 1 heterocycles. The summed E-state index contributed by atoms with van der Waals surface area (Å²) in [6.07, 6.45) is 1.79. The zero-order valence-electron chi connectivity index (χ0n) is 4.20. The Morgan fingerprint density at radius 3 is 2.50 bits per heavy atom. The van der Waals surface area contributed by atoms with Crippen molar-refractivity contribution in [2.45, 2.75) is 0 Å². The van der Waals surface area contributed by atoms with Crippen LogP contribution in [0.3, 0.4) is 0 Å². The van der Waals surface area contributed by atoms with Crippen molar-refractivity contribution in [3.05, 3.63) is 12.3 Å². The summed E-state index contributed by atoms with van der Waals surface area (Å²) in [6, 6.07) is 1.92. The molecule has 42 valence electrons. The van der Waals surface area contributed by atoms with Crippen LogP contribution in [0.15, 0.2) is 12.3 Å². The molecular formula is C4H6As2N2. The Bertz CT molecular complexity index is 172. The van der Waals surface area contributed by atoms with Crippen molar-refractivity contribution in [2.75, 3.05) is 0 Å². The predicted octanol–water partition coefficient (Wildman–Crippen LogP) is -3.01. The van der Waals surface area contributed by atoms with Gasteiger partial charge >= 0.3 is 65.0 Å². The van der Waals surface area contributed by atoms with E-state index in [9.17, 15) is 0 Å². The first-order valence-electron chi connectivity index (χ1n) is 2.13. The maximum absolute atomic E-state index is 4.12. The molecule has 0 aliphatic rings. The second-order valence-electron chi connectivity index (χ2n) is 1.34. The first kappa shape index (κ1) is 6.32. The Labute approximate surface area is 65.1 Å². The van der Waals surface area contributed by atoms with Crippen molar-refractivity contribution < 1.29 is 0 Å². The van der Waals surface area contributed by atoms with Gasteiger partial charge in [-0.1, -0.05) is 0 Å². The van der Waals surface area contributed by atoms with Crippen molar-refractivity contribution in [3.8, 4) is 0 Å². The third-order valence-corrected chi connectivity index (χ3v) is 1.95. The minimum absolute atomic E-state index is 0.916. The summed E-state index contributed by atoms with van der Waals surface area (Å²) < 4.78 is 2.02.